The van der Waals surface area contributed by atoms with Gasteiger partial charge in [-0.3, -0.25) is 0 Å². The second-order valence-corrected chi connectivity index (χ2v) is 5.06. The van der Waals surface area contributed by atoms with E-state index in [0.29, 0.717) is 6.61 Å². The maximum Gasteiger partial charge on any atom is 0.107 e. The molecule has 2 aromatic carbocycles. The zero-order valence-electron chi connectivity index (χ0n) is 11.4. The Morgan fingerprint density at radius 2 is 1.60 bits per heavy atom. The lowest BCUT2D eigenvalue weighted by Gasteiger charge is -2.29. The van der Waals surface area contributed by atoms with Gasteiger partial charge in [0.05, 0.1) is 6.61 Å². The first kappa shape index (κ1) is 15.0. The van der Waals surface area contributed by atoms with E-state index in [4.69, 9.17) is 4.74 Å². The van der Waals surface area contributed by atoms with Crippen LogP contribution < -0.4 is 5.32 Å². The monoisotopic (exact) mass is 289 g/mol. The van der Waals surface area contributed by atoms with Gasteiger partial charge in [0.2, 0.25) is 0 Å². The summed E-state index contributed by atoms with van der Waals surface area (Å²) < 4.78 is 6.30. The fraction of sp³-hybridized carbons (Fsp3) is 0.294. The molecule has 3 rings (SSSR count). The van der Waals surface area contributed by atoms with Gasteiger partial charge in [-0.2, -0.15) is 0 Å². The van der Waals surface area contributed by atoms with E-state index in [-0.39, 0.29) is 18.0 Å². The molecular formula is C17H20ClNO. The topological polar surface area (TPSA) is 21.3 Å². The third kappa shape index (κ3) is 3.21. The lowest BCUT2D eigenvalue weighted by atomic mass is 9.92. The number of hydrogen-bond acceptors (Lipinski definition) is 2. The summed E-state index contributed by atoms with van der Waals surface area (Å²) in [6.45, 7) is 2.57. The van der Waals surface area contributed by atoms with Crippen LogP contribution >= 0.6 is 12.4 Å². The van der Waals surface area contributed by atoms with Crippen molar-refractivity contribution in [1.82, 2.24) is 5.32 Å². The van der Waals surface area contributed by atoms with E-state index in [2.05, 4.69) is 59.9 Å². The van der Waals surface area contributed by atoms with Gasteiger partial charge >= 0.3 is 0 Å². The summed E-state index contributed by atoms with van der Waals surface area (Å²) >= 11 is 0. The Bertz CT molecular complexity index is 509. The summed E-state index contributed by atoms with van der Waals surface area (Å²) in [6.07, 6.45) is 1.03. The summed E-state index contributed by atoms with van der Waals surface area (Å²) in [4.78, 5) is 0. The van der Waals surface area contributed by atoms with Crippen LogP contribution in [0.5, 0.6) is 0 Å². The van der Waals surface area contributed by atoms with E-state index in [1.807, 2.05) is 6.07 Å². The van der Waals surface area contributed by atoms with Crippen molar-refractivity contribution in [3.63, 3.8) is 0 Å². The van der Waals surface area contributed by atoms with Gasteiger partial charge in [0.25, 0.3) is 0 Å². The van der Waals surface area contributed by atoms with Gasteiger partial charge < -0.3 is 10.1 Å². The Morgan fingerprint density at radius 1 is 0.950 bits per heavy atom. The molecule has 106 valence electrons. The van der Waals surface area contributed by atoms with E-state index in [1.165, 1.54) is 11.1 Å². The highest BCUT2D eigenvalue weighted by Gasteiger charge is 2.36. The second-order valence-electron chi connectivity index (χ2n) is 5.06. The highest BCUT2D eigenvalue weighted by Crippen LogP contribution is 2.32. The number of nitrogens with one attached hydrogen (secondary N) is 1. The molecule has 1 aliphatic rings. The molecule has 0 bridgehead atoms. The number of hydrogen-bond donors (Lipinski definition) is 1. The van der Waals surface area contributed by atoms with Crippen LogP contribution in [0.15, 0.2) is 60.7 Å². The minimum atomic E-state index is -0.170. The molecule has 3 heteroatoms. The third-order valence-electron chi connectivity index (χ3n) is 3.77. The quantitative estimate of drug-likeness (QED) is 0.930. The molecule has 1 fully saturated rings. The fourth-order valence-electron chi connectivity index (χ4n) is 2.66. The van der Waals surface area contributed by atoms with Crippen molar-refractivity contribution in [2.24, 2.45) is 0 Å². The second kappa shape index (κ2) is 6.89. The van der Waals surface area contributed by atoms with Crippen molar-refractivity contribution in [2.75, 3.05) is 13.1 Å². The fourth-order valence-corrected chi connectivity index (χ4v) is 2.66. The highest BCUT2D eigenvalue weighted by atomic mass is 35.5. The first-order valence-corrected chi connectivity index (χ1v) is 6.83. The van der Waals surface area contributed by atoms with Crippen LogP contribution in [-0.2, 0) is 16.9 Å². The standard InChI is InChI=1S/C17H19NO.ClH/c1-3-7-15(8-4-1)13-19-17(11-12-18-14-17)16-9-5-2-6-10-16;/h1-10,18H,11-14H2;1H. The molecule has 0 radical (unpaired) electrons. The number of ether oxygens (including phenoxy) is 1. The summed E-state index contributed by atoms with van der Waals surface area (Å²) in [5, 5.41) is 3.42. The molecule has 1 atom stereocenters. The van der Waals surface area contributed by atoms with Gasteiger partial charge in [-0.05, 0) is 24.1 Å². The molecule has 1 unspecified atom stereocenters. The normalized spacial score (nSPS) is 21.4. The molecule has 0 spiro atoms. The Morgan fingerprint density at radius 3 is 2.20 bits per heavy atom. The van der Waals surface area contributed by atoms with E-state index < -0.39 is 0 Å². The van der Waals surface area contributed by atoms with Gasteiger partial charge in [-0.25, -0.2) is 0 Å². The molecule has 2 aromatic rings. The van der Waals surface area contributed by atoms with Crippen LogP contribution in [0, 0.1) is 0 Å². The smallest absolute Gasteiger partial charge is 0.107 e. The first-order chi connectivity index (χ1) is 9.39. The van der Waals surface area contributed by atoms with Gasteiger partial charge in [0, 0.05) is 6.54 Å². The average Bonchev–Trinajstić information content (AvgIpc) is 2.97. The van der Waals surface area contributed by atoms with Crippen molar-refractivity contribution >= 4 is 12.4 Å². The molecule has 0 aliphatic carbocycles. The van der Waals surface area contributed by atoms with Crippen LogP contribution in [0.2, 0.25) is 0 Å². The summed E-state index contributed by atoms with van der Waals surface area (Å²) in [6, 6.07) is 20.9. The Kier molecular flexibility index (Phi) is 5.18. The number of benzene rings is 2. The molecule has 1 saturated heterocycles. The highest BCUT2D eigenvalue weighted by molar-refractivity contribution is 5.85. The van der Waals surface area contributed by atoms with Crippen molar-refractivity contribution < 1.29 is 4.74 Å². The lowest BCUT2D eigenvalue weighted by Crippen LogP contribution is -2.32. The van der Waals surface area contributed by atoms with Gasteiger partial charge in [0.15, 0.2) is 0 Å². The Hall–Kier alpha value is -1.35. The first-order valence-electron chi connectivity index (χ1n) is 6.83. The summed E-state index contributed by atoms with van der Waals surface area (Å²) in [5.74, 6) is 0. The summed E-state index contributed by atoms with van der Waals surface area (Å²) in [5.41, 5.74) is 2.33. The minimum absolute atomic E-state index is 0. The van der Waals surface area contributed by atoms with Gasteiger partial charge in [-0.1, -0.05) is 60.7 Å². The van der Waals surface area contributed by atoms with Crippen LogP contribution in [0.1, 0.15) is 17.5 Å². The Labute approximate surface area is 126 Å². The molecule has 1 heterocycles. The zero-order valence-corrected chi connectivity index (χ0v) is 12.2. The molecule has 2 nitrogen and oxygen atoms in total. The number of rotatable bonds is 4. The van der Waals surface area contributed by atoms with Crippen LogP contribution in [0.25, 0.3) is 0 Å². The summed E-state index contributed by atoms with van der Waals surface area (Å²) in [7, 11) is 0. The van der Waals surface area contributed by atoms with Crippen LogP contribution in [0.3, 0.4) is 0 Å². The van der Waals surface area contributed by atoms with E-state index in [0.717, 1.165) is 19.5 Å². The average molecular weight is 290 g/mol. The van der Waals surface area contributed by atoms with Gasteiger partial charge in [0.1, 0.15) is 5.60 Å². The van der Waals surface area contributed by atoms with Crippen molar-refractivity contribution in [1.29, 1.82) is 0 Å². The van der Waals surface area contributed by atoms with Gasteiger partial charge in [-0.15, -0.1) is 12.4 Å². The molecular weight excluding hydrogens is 270 g/mol. The SMILES string of the molecule is Cl.c1ccc(COC2(c3ccccc3)CCNC2)cc1. The van der Waals surface area contributed by atoms with Crippen molar-refractivity contribution in [3.8, 4) is 0 Å². The van der Waals surface area contributed by atoms with Crippen LogP contribution in [-0.4, -0.2) is 13.1 Å². The zero-order chi connectivity index (χ0) is 13.0. The van der Waals surface area contributed by atoms with Crippen molar-refractivity contribution in [3.05, 3.63) is 71.8 Å². The largest absolute Gasteiger partial charge is 0.364 e. The van der Waals surface area contributed by atoms with Crippen LogP contribution in [0.4, 0.5) is 0 Å². The minimum Gasteiger partial charge on any atom is -0.364 e. The van der Waals surface area contributed by atoms with Crippen molar-refractivity contribution in [2.45, 2.75) is 18.6 Å². The van der Waals surface area contributed by atoms with E-state index >= 15 is 0 Å². The molecule has 1 aliphatic heterocycles. The maximum absolute atomic E-state index is 6.30. The van der Waals surface area contributed by atoms with E-state index in [1.54, 1.807) is 0 Å². The van der Waals surface area contributed by atoms with E-state index in [9.17, 15) is 0 Å². The molecule has 0 amide bonds. The predicted molar refractivity (Wildman–Crippen MR) is 84.1 cm³/mol. The third-order valence-corrected chi connectivity index (χ3v) is 3.77. The maximum atomic E-state index is 6.30. The lowest BCUT2D eigenvalue weighted by molar-refractivity contribution is -0.0470. The molecule has 0 aromatic heterocycles. The molecule has 1 N–H and O–H groups in total. The molecule has 20 heavy (non-hydrogen) atoms. The predicted octanol–water partition coefficient (Wildman–Crippen LogP) is 3.51. The number of halogens is 1. The molecule has 0 saturated carbocycles. The Balaban J connectivity index is 0.00000147.